The number of amides is 1. The lowest BCUT2D eigenvalue weighted by Gasteiger charge is -2.29. The summed E-state index contributed by atoms with van der Waals surface area (Å²) >= 11 is 0. The van der Waals surface area contributed by atoms with Gasteiger partial charge in [0.2, 0.25) is 5.88 Å². The zero-order chi connectivity index (χ0) is 16.6. The van der Waals surface area contributed by atoms with Crippen LogP contribution in [0.25, 0.3) is 0 Å². The Hall–Kier alpha value is -2.64. The molecular formula is C15H12F3N3O2. The number of aryl methyl sites for hydroxylation is 1. The first-order valence-corrected chi connectivity index (χ1v) is 6.82. The number of carbonyl (C=O) groups excluding carboxylic acids is 1. The van der Waals surface area contributed by atoms with Crippen LogP contribution in [0, 0.1) is 6.92 Å². The maximum absolute atomic E-state index is 13.1. The number of hydrogen-bond donors (Lipinski definition) is 0. The Labute approximate surface area is 129 Å². The molecule has 23 heavy (non-hydrogen) atoms. The van der Waals surface area contributed by atoms with Gasteiger partial charge in [0.15, 0.2) is 0 Å². The number of rotatable bonds is 1. The van der Waals surface area contributed by atoms with Gasteiger partial charge in [0.1, 0.15) is 18.0 Å². The van der Waals surface area contributed by atoms with Crippen LogP contribution in [-0.4, -0.2) is 29.0 Å². The van der Waals surface area contributed by atoms with Crippen LogP contribution in [0.5, 0.6) is 5.88 Å². The molecule has 0 saturated carbocycles. The summed E-state index contributed by atoms with van der Waals surface area (Å²) in [6, 6.07) is 5.26. The van der Waals surface area contributed by atoms with Crippen molar-refractivity contribution in [3.05, 3.63) is 47.4 Å². The lowest BCUT2D eigenvalue weighted by molar-refractivity contribution is -0.138. The van der Waals surface area contributed by atoms with Crippen molar-refractivity contribution in [1.82, 2.24) is 9.97 Å². The van der Waals surface area contributed by atoms with E-state index in [0.29, 0.717) is 11.4 Å². The summed E-state index contributed by atoms with van der Waals surface area (Å²) in [5.74, 6) is -0.595. The zero-order valence-corrected chi connectivity index (χ0v) is 12.1. The van der Waals surface area contributed by atoms with Crippen molar-refractivity contribution in [2.75, 3.05) is 18.1 Å². The van der Waals surface area contributed by atoms with Crippen LogP contribution in [0.4, 0.5) is 18.9 Å². The van der Waals surface area contributed by atoms with Crippen LogP contribution < -0.4 is 9.64 Å². The number of aromatic nitrogens is 2. The van der Waals surface area contributed by atoms with Gasteiger partial charge in [-0.05, 0) is 31.2 Å². The van der Waals surface area contributed by atoms with Gasteiger partial charge in [-0.25, -0.2) is 4.98 Å². The molecule has 0 spiro atoms. The lowest BCUT2D eigenvalue weighted by Crippen LogP contribution is -2.39. The van der Waals surface area contributed by atoms with Crippen molar-refractivity contribution in [2.45, 2.75) is 13.1 Å². The molecule has 0 radical (unpaired) electrons. The molecule has 1 aliphatic heterocycles. The summed E-state index contributed by atoms with van der Waals surface area (Å²) in [6.45, 7) is 2.04. The minimum atomic E-state index is -4.65. The van der Waals surface area contributed by atoms with Gasteiger partial charge in [0.05, 0.1) is 12.1 Å². The number of halogens is 3. The molecule has 0 unspecified atom stereocenters. The highest BCUT2D eigenvalue weighted by atomic mass is 19.4. The molecule has 0 aromatic carbocycles. The molecule has 0 N–H and O–H groups in total. The molecule has 120 valence electrons. The number of anilines is 1. The second-order valence-corrected chi connectivity index (χ2v) is 4.98. The van der Waals surface area contributed by atoms with Crippen molar-refractivity contribution in [2.24, 2.45) is 0 Å². The molecule has 0 fully saturated rings. The van der Waals surface area contributed by atoms with Crippen LogP contribution in [0.15, 0.2) is 30.5 Å². The Balaban J connectivity index is 2.04. The molecule has 3 heterocycles. The predicted molar refractivity (Wildman–Crippen MR) is 75.4 cm³/mol. The summed E-state index contributed by atoms with van der Waals surface area (Å²) in [5.41, 5.74) is -0.663. The molecule has 0 saturated heterocycles. The molecular weight excluding hydrogens is 311 g/mol. The smallest absolute Gasteiger partial charge is 0.418 e. The first-order chi connectivity index (χ1) is 10.9. The quantitative estimate of drug-likeness (QED) is 0.810. The van der Waals surface area contributed by atoms with E-state index in [1.54, 1.807) is 19.1 Å². The number of nitrogens with zero attached hydrogens (tertiary/aromatic N) is 3. The van der Waals surface area contributed by atoms with E-state index < -0.39 is 23.3 Å². The molecule has 1 aliphatic rings. The molecule has 8 heteroatoms. The fraction of sp³-hybridized carbons (Fsp3) is 0.267. The van der Waals surface area contributed by atoms with E-state index in [9.17, 15) is 18.0 Å². The van der Waals surface area contributed by atoms with Crippen molar-refractivity contribution in [1.29, 1.82) is 0 Å². The van der Waals surface area contributed by atoms with Gasteiger partial charge < -0.3 is 4.74 Å². The lowest BCUT2D eigenvalue weighted by atomic mass is 10.1. The van der Waals surface area contributed by atoms with Gasteiger partial charge in [-0.15, -0.1) is 0 Å². The molecule has 0 aliphatic carbocycles. The van der Waals surface area contributed by atoms with Crippen LogP contribution in [0.3, 0.4) is 0 Å². The van der Waals surface area contributed by atoms with Gasteiger partial charge in [0, 0.05) is 11.9 Å². The van der Waals surface area contributed by atoms with Crippen molar-refractivity contribution < 1.29 is 22.7 Å². The van der Waals surface area contributed by atoms with Gasteiger partial charge >= 0.3 is 6.18 Å². The Morgan fingerprint density at radius 1 is 1.30 bits per heavy atom. The third kappa shape index (κ3) is 2.84. The molecule has 3 rings (SSSR count). The average molecular weight is 323 g/mol. The molecule has 5 nitrogen and oxygen atoms in total. The maximum atomic E-state index is 13.1. The summed E-state index contributed by atoms with van der Waals surface area (Å²) in [5, 5.41) is 0. The van der Waals surface area contributed by atoms with Crippen LogP contribution in [-0.2, 0) is 6.18 Å². The van der Waals surface area contributed by atoms with Crippen molar-refractivity contribution in [3.63, 3.8) is 0 Å². The van der Waals surface area contributed by atoms with E-state index >= 15 is 0 Å². The maximum Gasteiger partial charge on any atom is 0.418 e. The van der Waals surface area contributed by atoms with E-state index in [4.69, 9.17) is 4.74 Å². The predicted octanol–water partition coefficient (Wildman–Crippen LogP) is 2.84. The minimum absolute atomic E-state index is 0.129. The summed E-state index contributed by atoms with van der Waals surface area (Å²) < 4.78 is 44.6. The second kappa shape index (κ2) is 5.53. The van der Waals surface area contributed by atoms with E-state index in [1.165, 1.54) is 4.90 Å². The zero-order valence-electron chi connectivity index (χ0n) is 12.1. The van der Waals surface area contributed by atoms with E-state index in [1.807, 2.05) is 0 Å². The fourth-order valence-corrected chi connectivity index (χ4v) is 2.33. The van der Waals surface area contributed by atoms with Gasteiger partial charge in [0.25, 0.3) is 5.91 Å². The largest absolute Gasteiger partial charge is 0.474 e. The highest BCUT2D eigenvalue weighted by Crippen LogP contribution is 2.34. The Kier molecular flexibility index (Phi) is 3.67. The normalized spacial score (nSPS) is 14.2. The Bertz CT molecular complexity index is 762. The third-order valence-corrected chi connectivity index (χ3v) is 3.38. The van der Waals surface area contributed by atoms with Crippen molar-refractivity contribution >= 4 is 11.6 Å². The number of ether oxygens (including phenoxy) is 1. The monoisotopic (exact) mass is 323 g/mol. The van der Waals surface area contributed by atoms with Crippen LogP contribution in [0.1, 0.15) is 21.7 Å². The first-order valence-electron chi connectivity index (χ1n) is 6.82. The molecule has 0 atom stereocenters. The van der Waals surface area contributed by atoms with E-state index in [2.05, 4.69) is 9.97 Å². The molecule has 2 aromatic rings. The van der Waals surface area contributed by atoms with Crippen LogP contribution in [0.2, 0.25) is 0 Å². The SMILES string of the molecule is Cc1ccc2c(n1)OCCN2C(=O)c1ncccc1C(F)(F)F. The average Bonchev–Trinajstić information content (AvgIpc) is 2.52. The minimum Gasteiger partial charge on any atom is -0.474 e. The van der Waals surface area contributed by atoms with Crippen molar-refractivity contribution in [3.8, 4) is 5.88 Å². The Morgan fingerprint density at radius 2 is 2.09 bits per heavy atom. The molecule has 2 aromatic heterocycles. The highest BCUT2D eigenvalue weighted by Gasteiger charge is 2.38. The van der Waals surface area contributed by atoms with Gasteiger partial charge in [-0.2, -0.15) is 13.2 Å². The van der Waals surface area contributed by atoms with E-state index in [0.717, 1.165) is 18.3 Å². The summed E-state index contributed by atoms with van der Waals surface area (Å²) in [4.78, 5) is 21.6. The molecule has 0 bridgehead atoms. The first kappa shape index (κ1) is 15.3. The number of pyridine rings is 2. The number of alkyl halides is 3. The third-order valence-electron chi connectivity index (χ3n) is 3.38. The topological polar surface area (TPSA) is 55.3 Å². The Morgan fingerprint density at radius 3 is 2.83 bits per heavy atom. The summed E-state index contributed by atoms with van der Waals surface area (Å²) in [6.07, 6.45) is -3.49. The van der Waals surface area contributed by atoms with Gasteiger partial charge in [-0.3, -0.25) is 14.7 Å². The number of fused-ring (bicyclic) bond motifs is 1. The van der Waals surface area contributed by atoms with E-state index in [-0.39, 0.29) is 19.0 Å². The molecule has 1 amide bonds. The fourth-order valence-electron chi connectivity index (χ4n) is 2.33. The number of carbonyl (C=O) groups is 1. The van der Waals surface area contributed by atoms with Gasteiger partial charge in [-0.1, -0.05) is 0 Å². The standard InChI is InChI=1S/C15H12F3N3O2/c1-9-4-5-11-13(20-9)23-8-7-21(11)14(22)12-10(15(16,17)18)3-2-6-19-12/h2-6H,7-8H2,1H3. The summed E-state index contributed by atoms with van der Waals surface area (Å²) in [7, 11) is 0. The van der Waals surface area contributed by atoms with Crippen LogP contribution >= 0.6 is 0 Å². The highest BCUT2D eigenvalue weighted by molar-refractivity contribution is 6.06. The second-order valence-electron chi connectivity index (χ2n) is 4.98. The number of hydrogen-bond acceptors (Lipinski definition) is 4.